The van der Waals surface area contributed by atoms with Crippen LogP contribution in [0, 0.1) is 5.41 Å². The predicted molar refractivity (Wildman–Crippen MR) is 52.6 cm³/mol. The van der Waals surface area contributed by atoms with E-state index in [0.29, 0.717) is 17.2 Å². The summed E-state index contributed by atoms with van der Waals surface area (Å²) in [7, 11) is 0. The van der Waals surface area contributed by atoms with Crippen LogP contribution in [0.2, 0.25) is 0 Å². The van der Waals surface area contributed by atoms with Crippen LogP contribution in [-0.4, -0.2) is 29.8 Å². The molecule has 2 heteroatoms. The average Bonchev–Trinajstić information content (AvgIpc) is 1.94. The van der Waals surface area contributed by atoms with Crippen LogP contribution >= 0.6 is 0 Å². The fourth-order valence-corrected chi connectivity index (χ4v) is 2.50. The molecule has 2 fully saturated rings. The molecule has 0 N–H and O–H groups in total. The fourth-order valence-electron chi connectivity index (χ4n) is 2.50. The first-order valence-electron chi connectivity index (χ1n) is 5.35. The Balaban J connectivity index is 2.07. The number of carbonyl (C=O) groups is 1. The zero-order chi connectivity index (χ0) is 9.47. The van der Waals surface area contributed by atoms with Crippen molar-refractivity contribution < 1.29 is 4.79 Å². The predicted octanol–water partition coefficient (Wildman–Crippen LogP) is 1.84. The van der Waals surface area contributed by atoms with Crippen molar-refractivity contribution in [3.05, 3.63) is 0 Å². The normalized spacial score (nSPS) is 34.3. The molecule has 1 saturated carbocycles. The summed E-state index contributed by atoms with van der Waals surface area (Å²) < 4.78 is 0. The Kier molecular flexibility index (Phi) is 2.18. The molecule has 2 rings (SSSR count). The lowest BCUT2D eigenvalue weighted by atomic mass is 9.71. The number of likely N-dealkylation sites (tertiary alicyclic amines) is 1. The first-order valence-corrected chi connectivity index (χ1v) is 5.35. The van der Waals surface area contributed by atoms with Crippen molar-refractivity contribution in [1.29, 1.82) is 0 Å². The van der Waals surface area contributed by atoms with E-state index in [1.165, 1.54) is 19.5 Å². The quantitative estimate of drug-likeness (QED) is 0.615. The Bertz CT molecular complexity index is 218. The highest BCUT2D eigenvalue weighted by atomic mass is 16.1. The molecule has 1 heterocycles. The molecule has 0 amide bonds. The largest absolute Gasteiger partial charge is 0.300 e. The van der Waals surface area contributed by atoms with Crippen LogP contribution in [0.5, 0.6) is 0 Å². The molecular formula is C11H19NO. The number of ketones is 1. The summed E-state index contributed by atoms with van der Waals surface area (Å²) in [6, 6.07) is 0.530. The van der Waals surface area contributed by atoms with Crippen LogP contribution in [0.1, 0.15) is 39.5 Å². The molecule has 74 valence electrons. The first-order chi connectivity index (χ1) is 6.09. The molecule has 1 saturated heterocycles. The molecule has 2 aliphatic rings. The molecule has 2 nitrogen and oxygen atoms in total. The van der Waals surface area contributed by atoms with Gasteiger partial charge in [-0.3, -0.25) is 9.69 Å². The number of nitrogens with zero attached hydrogens (tertiary/aromatic N) is 1. The Labute approximate surface area is 80.3 Å². The third-order valence-electron chi connectivity index (χ3n) is 3.70. The highest BCUT2D eigenvalue weighted by Gasteiger charge is 2.40. The first kappa shape index (κ1) is 9.20. The van der Waals surface area contributed by atoms with Gasteiger partial charge in [0.2, 0.25) is 0 Å². The van der Waals surface area contributed by atoms with Crippen molar-refractivity contribution in [1.82, 2.24) is 4.90 Å². The van der Waals surface area contributed by atoms with E-state index in [4.69, 9.17) is 0 Å². The van der Waals surface area contributed by atoms with Crippen LogP contribution in [-0.2, 0) is 4.79 Å². The van der Waals surface area contributed by atoms with Gasteiger partial charge in [0.25, 0.3) is 0 Å². The maximum absolute atomic E-state index is 11.4. The van der Waals surface area contributed by atoms with Gasteiger partial charge in [0.15, 0.2) is 0 Å². The van der Waals surface area contributed by atoms with E-state index in [2.05, 4.69) is 18.7 Å². The van der Waals surface area contributed by atoms with Gasteiger partial charge in [0.05, 0.1) is 0 Å². The molecule has 13 heavy (non-hydrogen) atoms. The number of hydrogen-bond donors (Lipinski definition) is 0. The van der Waals surface area contributed by atoms with E-state index in [9.17, 15) is 4.79 Å². The molecule has 0 aromatic carbocycles. The molecule has 0 spiro atoms. The third-order valence-corrected chi connectivity index (χ3v) is 3.70. The average molecular weight is 181 g/mol. The van der Waals surface area contributed by atoms with Crippen LogP contribution in [0.25, 0.3) is 0 Å². The summed E-state index contributed by atoms with van der Waals surface area (Å²) in [4.78, 5) is 13.9. The monoisotopic (exact) mass is 181 g/mol. The van der Waals surface area contributed by atoms with E-state index in [1.54, 1.807) is 0 Å². The summed E-state index contributed by atoms with van der Waals surface area (Å²) in [5.74, 6) is 0.469. The van der Waals surface area contributed by atoms with Crippen molar-refractivity contribution in [3.63, 3.8) is 0 Å². The summed E-state index contributed by atoms with van der Waals surface area (Å²) >= 11 is 0. The molecule has 0 bridgehead atoms. The SMILES string of the molecule is CC1(C)CCC(=O)CC1N1CCC1. The van der Waals surface area contributed by atoms with Gasteiger partial charge in [-0.15, -0.1) is 0 Å². The molecule has 1 aliphatic carbocycles. The third kappa shape index (κ3) is 1.64. The maximum Gasteiger partial charge on any atom is 0.134 e. The molecule has 1 aliphatic heterocycles. The second-order valence-corrected chi connectivity index (χ2v) is 5.14. The van der Waals surface area contributed by atoms with Crippen LogP contribution in [0.3, 0.4) is 0 Å². The number of hydrogen-bond acceptors (Lipinski definition) is 2. The van der Waals surface area contributed by atoms with E-state index in [0.717, 1.165) is 19.3 Å². The molecule has 1 atom stereocenters. The number of rotatable bonds is 1. The van der Waals surface area contributed by atoms with Crippen molar-refractivity contribution in [2.75, 3.05) is 13.1 Å². The molecule has 0 radical (unpaired) electrons. The smallest absolute Gasteiger partial charge is 0.134 e. The van der Waals surface area contributed by atoms with Gasteiger partial charge >= 0.3 is 0 Å². The summed E-state index contributed by atoms with van der Waals surface area (Å²) in [6.45, 7) is 7.04. The van der Waals surface area contributed by atoms with Crippen LogP contribution < -0.4 is 0 Å². The zero-order valence-corrected chi connectivity index (χ0v) is 8.68. The standard InChI is InChI=1S/C11H19NO/c1-11(2)5-4-9(13)8-10(11)12-6-3-7-12/h10H,3-8H2,1-2H3. The lowest BCUT2D eigenvalue weighted by molar-refractivity contribution is -0.126. The topological polar surface area (TPSA) is 20.3 Å². The van der Waals surface area contributed by atoms with Gasteiger partial charge in [-0.2, -0.15) is 0 Å². The van der Waals surface area contributed by atoms with Gasteiger partial charge in [-0.1, -0.05) is 13.8 Å². The minimum Gasteiger partial charge on any atom is -0.300 e. The van der Waals surface area contributed by atoms with Crippen molar-refractivity contribution >= 4 is 5.78 Å². The van der Waals surface area contributed by atoms with Crippen LogP contribution in [0.4, 0.5) is 0 Å². The van der Waals surface area contributed by atoms with Crippen molar-refractivity contribution in [2.24, 2.45) is 5.41 Å². The summed E-state index contributed by atoms with van der Waals surface area (Å²) in [6.07, 6.45) is 4.00. The molecular weight excluding hydrogens is 162 g/mol. The minimum atomic E-state index is 0.355. The summed E-state index contributed by atoms with van der Waals surface area (Å²) in [5.41, 5.74) is 0.355. The van der Waals surface area contributed by atoms with Crippen LogP contribution in [0.15, 0.2) is 0 Å². The lowest BCUT2D eigenvalue weighted by Crippen LogP contribution is -2.54. The Hall–Kier alpha value is -0.370. The second kappa shape index (κ2) is 3.09. The fraction of sp³-hybridized carbons (Fsp3) is 0.909. The van der Waals surface area contributed by atoms with Crippen molar-refractivity contribution in [3.8, 4) is 0 Å². The van der Waals surface area contributed by atoms with Gasteiger partial charge < -0.3 is 0 Å². The molecule has 1 unspecified atom stereocenters. The lowest BCUT2D eigenvalue weighted by Gasteiger charge is -2.48. The number of Topliss-reactive ketones (excluding diaryl/α,β-unsaturated/α-hetero) is 1. The van der Waals surface area contributed by atoms with E-state index in [1.807, 2.05) is 0 Å². The minimum absolute atomic E-state index is 0.355. The Morgan fingerprint density at radius 2 is 2.08 bits per heavy atom. The Morgan fingerprint density at radius 3 is 2.62 bits per heavy atom. The maximum atomic E-state index is 11.4. The van der Waals surface area contributed by atoms with E-state index < -0.39 is 0 Å². The van der Waals surface area contributed by atoms with Crippen molar-refractivity contribution in [2.45, 2.75) is 45.6 Å². The highest BCUT2D eigenvalue weighted by Crippen LogP contribution is 2.38. The van der Waals surface area contributed by atoms with Gasteiger partial charge in [0.1, 0.15) is 5.78 Å². The van der Waals surface area contributed by atoms with E-state index >= 15 is 0 Å². The van der Waals surface area contributed by atoms with E-state index in [-0.39, 0.29) is 0 Å². The number of carbonyl (C=O) groups excluding carboxylic acids is 1. The molecule has 0 aromatic rings. The molecule has 0 aromatic heterocycles. The van der Waals surface area contributed by atoms with Gasteiger partial charge in [-0.25, -0.2) is 0 Å². The van der Waals surface area contributed by atoms with Gasteiger partial charge in [0, 0.05) is 18.9 Å². The zero-order valence-electron chi connectivity index (χ0n) is 8.68. The Morgan fingerprint density at radius 1 is 1.38 bits per heavy atom. The summed E-state index contributed by atoms with van der Waals surface area (Å²) in [5, 5.41) is 0. The second-order valence-electron chi connectivity index (χ2n) is 5.14. The van der Waals surface area contributed by atoms with Gasteiger partial charge in [-0.05, 0) is 31.3 Å². The highest BCUT2D eigenvalue weighted by molar-refractivity contribution is 5.80.